The Kier molecular flexibility index (Phi) is 3.43. The molecule has 21 heavy (non-hydrogen) atoms. The number of hydrogen-bond acceptors (Lipinski definition) is 3. The molecule has 3 nitrogen and oxygen atoms in total. The van der Waals surface area contributed by atoms with Crippen molar-refractivity contribution in [2.45, 2.75) is 51.3 Å². The van der Waals surface area contributed by atoms with Gasteiger partial charge in [-0.3, -0.25) is 4.90 Å². The van der Waals surface area contributed by atoms with Crippen LogP contribution in [0.1, 0.15) is 30.9 Å². The van der Waals surface area contributed by atoms with Crippen molar-refractivity contribution in [3.05, 3.63) is 29.3 Å². The van der Waals surface area contributed by atoms with Gasteiger partial charge in [0, 0.05) is 38.1 Å². The van der Waals surface area contributed by atoms with Crippen LogP contribution in [0.25, 0.3) is 0 Å². The first kappa shape index (κ1) is 13.6. The van der Waals surface area contributed by atoms with Gasteiger partial charge in [-0.2, -0.15) is 0 Å². The van der Waals surface area contributed by atoms with Gasteiger partial charge >= 0.3 is 0 Å². The molecule has 1 aromatic rings. The van der Waals surface area contributed by atoms with Crippen LogP contribution in [0.3, 0.4) is 0 Å². The largest absolute Gasteiger partial charge is 0.488 e. The van der Waals surface area contributed by atoms with Gasteiger partial charge in [0.25, 0.3) is 0 Å². The van der Waals surface area contributed by atoms with Gasteiger partial charge in [-0.05, 0) is 44.2 Å². The zero-order chi connectivity index (χ0) is 14.4. The van der Waals surface area contributed by atoms with Crippen molar-refractivity contribution in [3.8, 4) is 5.75 Å². The normalized spacial score (nSPS) is 32.8. The Morgan fingerprint density at radius 3 is 3.00 bits per heavy atom. The SMILES string of the molecule is Cc1ccc2c(c1)CC(CN1CC(C)NCC1C1CC1)O2. The monoisotopic (exact) mass is 286 g/mol. The van der Waals surface area contributed by atoms with E-state index in [4.69, 9.17) is 4.74 Å². The molecule has 4 rings (SSSR count). The summed E-state index contributed by atoms with van der Waals surface area (Å²) in [5.74, 6) is 2.03. The van der Waals surface area contributed by atoms with Crippen molar-refractivity contribution in [1.82, 2.24) is 10.2 Å². The summed E-state index contributed by atoms with van der Waals surface area (Å²) < 4.78 is 6.19. The summed E-state index contributed by atoms with van der Waals surface area (Å²) in [5, 5.41) is 3.65. The molecule has 0 aromatic heterocycles. The molecule has 1 aliphatic carbocycles. The molecule has 0 bridgehead atoms. The molecule has 3 unspecified atom stereocenters. The van der Waals surface area contributed by atoms with Gasteiger partial charge in [0.2, 0.25) is 0 Å². The molecular weight excluding hydrogens is 260 g/mol. The van der Waals surface area contributed by atoms with E-state index in [1.807, 2.05) is 0 Å². The smallest absolute Gasteiger partial charge is 0.123 e. The fourth-order valence-electron chi connectivity index (χ4n) is 3.97. The molecule has 0 spiro atoms. The number of nitrogens with one attached hydrogen (secondary N) is 1. The van der Waals surface area contributed by atoms with E-state index in [1.54, 1.807) is 0 Å². The van der Waals surface area contributed by atoms with Gasteiger partial charge in [-0.25, -0.2) is 0 Å². The molecule has 1 N–H and O–H groups in total. The minimum atomic E-state index is 0.341. The van der Waals surface area contributed by atoms with Gasteiger partial charge in [-0.15, -0.1) is 0 Å². The van der Waals surface area contributed by atoms with Crippen molar-refractivity contribution in [2.24, 2.45) is 5.92 Å². The third-order valence-electron chi connectivity index (χ3n) is 5.21. The fraction of sp³-hybridized carbons (Fsp3) is 0.667. The minimum Gasteiger partial charge on any atom is -0.488 e. The van der Waals surface area contributed by atoms with Crippen LogP contribution in [0.4, 0.5) is 0 Å². The summed E-state index contributed by atoms with van der Waals surface area (Å²) in [6, 6.07) is 7.92. The maximum atomic E-state index is 6.19. The Hall–Kier alpha value is -1.06. The molecule has 1 saturated carbocycles. The van der Waals surface area contributed by atoms with Crippen molar-refractivity contribution in [1.29, 1.82) is 0 Å². The Morgan fingerprint density at radius 2 is 2.19 bits per heavy atom. The van der Waals surface area contributed by atoms with Gasteiger partial charge in [0.1, 0.15) is 11.9 Å². The molecule has 1 saturated heterocycles. The Labute approximate surface area is 127 Å². The first-order valence-corrected chi connectivity index (χ1v) is 8.42. The van der Waals surface area contributed by atoms with Crippen LogP contribution < -0.4 is 10.1 Å². The lowest BCUT2D eigenvalue weighted by atomic mass is 10.0. The summed E-state index contributed by atoms with van der Waals surface area (Å²) in [5.41, 5.74) is 2.73. The number of rotatable bonds is 3. The molecule has 2 aliphatic heterocycles. The lowest BCUT2D eigenvalue weighted by Gasteiger charge is -2.40. The van der Waals surface area contributed by atoms with Gasteiger partial charge in [0.05, 0.1) is 0 Å². The number of benzene rings is 1. The Balaban J connectivity index is 1.43. The van der Waals surface area contributed by atoms with Crippen molar-refractivity contribution >= 4 is 0 Å². The van der Waals surface area contributed by atoms with Gasteiger partial charge < -0.3 is 10.1 Å². The van der Waals surface area contributed by atoms with E-state index < -0.39 is 0 Å². The summed E-state index contributed by atoms with van der Waals surface area (Å²) in [6.45, 7) is 7.86. The topological polar surface area (TPSA) is 24.5 Å². The highest BCUT2D eigenvalue weighted by Gasteiger charge is 2.39. The van der Waals surface area contributed by atoms with E-state index in [9.17, 15) is 0 Å². The second-order valence-corrected chi connectivity index (χ2v) is 7.22. The predicted molar refractivity (Wildman–Crippen MR) is 84.8 cm³/mol. The third kappa shape index (κ3) is 2.82. The molecule has 1 aromatic carbocycles. The number of hydrogen-bond donors (Lipinski definition) is 1. The summed E-state index contributed by atoms with van der Waals surface area (Å²) >= 11 is 0. The van der Waals surface area contributed by atoms with E-state index >= 15 is 0 Å². The molecule has 3 heteroatoms. The third-order valence-corrected chi connectivity index (χ3v) is 5.21. The molecule has 2 heterocycles. The van der Waals surface area contributed by atoms with E-state index in [-0.39, 0.29) is 0 Å². The maximum absolute atomic E-state index is 6.19. The molecule has 3 atom stereocenters. The minimum absolute atomic E-state index is 0.341. The lowest BCUT2D eigenvalue weighted by Crippen LogP contribution is -2.58. The molecule has 0 amide bonds. The molecule has 2 fully saturated rings. The standard InChI is InChI=1S/C18H26N2O/c1-12-3-6-18-15(7-12)8-16(21-18)11-20-10-13(2)19-9-17(20)14-4-5-14/h3,6-7,13-14,16-17,19H,4-5,8-11H2,1-2H3. The Morgan fingerprint density at radius 1 is 1.33 bits per heavy atom. The van der Waals surface area contributed by atoms with Gasteiger partial charge in [0.15, 0.2) is 0 Å². The lowest BCUT2D eigenvalue weighted by molar-refractivity contribution is 0.0734. The summed E-state index contributed by atoms with van der Waals surface area (Å²) in [6.07, 6.45) is 4.25. The molecule has 0 radical (unpaired) electrons. The van der Waals surface area contributed by atoms with Crippen LogP contribution in [0.5, 0.6) is 5.75 Å². The summed E-state index contributed by atoms with van der Waals surface area (Å²) in [4.78, 5) is 2.70. The van der Waals surface area contributed by atoms with Crippen molar-refractivity contribution < 1.29 is 4.74 Å². The quantitative estimate of drug-likeness (QED) is 0.923. The Bertz CT molecular complexity index is 526. The first-order chi connectivity index (χ1) is 10.2. The zero-order valence-corrected chi connectivity index (χ0v) is 13.1. The van der Waals surface area contributed by atoms with Crippen LogP contribution in [0.15, 0.2) is 18.2 Å². The second kappa shape index (κ2) is 5.29. The van der Waals surface area contributed by atoms with Gasteiger partial charge in [-0.1, -0.05) is 17.7 Å². The average Bonchev–Trinajstić information content (AvgIpc) is 3.20. The highest BCUT2D eigenvalue weighted by molar-refractivity contribution is 5.40. The average molecular weight is 286 g/mol. The highest BCUT2D eigenvalue weighted by atomic mass is 16.5. The molecule has 114 valence electrons. The zero-order valence-electron chi connectivity index (χ0n) is 13.1. The number of nitrogens with zero attached hydrogens (tertiary/aromatic N) is 1. The van der Waals surface area contributed by atoms with Crippen LogP contribution in [0.2, 0.25) is 0 Å². The number of ether oxygens (including phenoxy) is 1. The van der Waals surface area contributed by atoms with E-state index in [2.05, 4.69) is 42.3 Å². The van der Waals surface area contributed by atoms with Crippen LogP contribution in [-0.2, 0) is 6.42 Å². The summed E-state index contributed by atoms with van der Waals surface area (Å²) in [7, 11) is 0. The molecule has 3 aliphatic rings. The number of fused-ring (bicyclic) bond motifs is 1. The van der Waals surface area contributed by atoms with Crippen LogP contribution >= 0.6 is 0 Å². The predicted octanol–water partition coefficient (Wildman–Crippen LogP) is 2.37. The first-order valence-electron chi connectivity index (χ1n) is 8.42. The number of aryl methyl sites for hydroxylation is 1. The van der Waals surface area contributed by atoms with E-state index in [1.165, 1.54) is 24.0 Å². The highest BCUT2D eigenvalue weighted by Crippen LogP contribution is 2.37. The van der Waals surface area contributed by atoms with E-state index in [0.717, 1.165) is 43.8 Å². The van der Waals surface area contributed by atoms with E-state index in [0.29, 0.717) is 12.1 Å². The number of piperazine rings is 1. The van der Waals surface area contributed by atoms with Crippen molar-refractivity contribution in [2.75, 3.05) is 19.6 Å². The fourth-order valence-corrected chi connectivity index (χ4v) is 3.97. The molecular formula is C18H26N2O. The van der Waals surface area contributed by atoms with Crippen LogP contribution in [0, 0.1) is 12.8 Å². The second-order valence-electron chi connectivity index (χ2n) is 7.22. The van der Waals surface area contributed by atoms with Crippen molar-refractivity contribution in [3.63, 3.8) is 0 Å². The van der Waals surface area contributed by atoms with Crippen LogP contribution in [-0.4, -0.2) is 42.7 Å². The maximum Gasteiger partial charge on any atom is 0.123 e.